The molecule has 2 nitrogen and oxygen atoms in total. The van der Waals surface area contributed by atoms with Crippen LogP contribution in [0.4, 0.5) is 5.69 Å². The molecule has 4 heteroatoms. The summed E-state index contributed by atoms with van der Waals surface area (Å²) in [6, 6.07) is 18.6. The Balaban J connectivity index is 1.91. The number of fused-ring (bicyclic) bond motifs is 1. The summed E-state index contributed by atoms with van der Waals surface area (Å²) in [5.41, 5.74) is 3.83. The number of halogens is 1. The van der Waals surface area contributed by atoms with Crippen molar-refractivity contribution in [3.8, 4) is 0 Å². The normalized spacial score (nSPS) is 22.6. The number of para-hydroxylation sites is 1. The fraction of sp³-hybridized carbons (Fsp3) is 0.150. The quantitative estimate of drug-likeness (QED) is 0.688. The molecule has 0 aromatic heterocycles. The maximum atomic E-state index is 6.10. The highest BCUT2D eigenvalue weighted by Gasteiger charge is 2.42. The first-order valence-electron chi connectivity index (χ1n) is 7.96. The third-order valence-corrected chi connectivity index (χ3v) is 4.99. The van der Waals surface area contributed by atoms with Gasteiger partial charge in [-0.05, 0) is 43.7 Å². The predicted molar refractivity (Wildman–Crippen MR) is 105 cm³/mol. The molecule has 0 N–H and O–H groups in total. The van der Waals surface area contributed by atoms with Crippen molar-refractivity contribution in [1.29, 1.82) is 0 Å². The van der Waals surface area contributed by atoms with Crippen LogP contribution in [0.25, 0.3) is 0 Å². The van der Waals surface area contributed by atoms with E-state index in [1.165, 1.54) is 0 Å². The third-order valence-electron chi connectivity index (χ3n) is 4.49. The molecule has 116 valence electrons. The Morgan fingerprint density at radius 2 is 1.92 bits per heavy atom. The van der Waals surface area contributed by atoms with E-state index in [9.17, 15) is 0 Å². The maximum Gasteiger partial charge on any atom is 0.140 e. The lowest BCUT2D eigenvalue weighted by molar-refractivity contribution is 0.570. The van der Waals surface area contributed by atoms with Crippen LogP contribution < -0.4 is 4.90 Å². The van der Waals surface area contributed by atoms with E-state index in [2.05, 4.69) is 58.1 Å². The van der Waals surface area contributed by atoms with E-state index in [1.807, 2.05) is 36.4 Å². The van der Waals surface area contributed by atoms with Gasteiger partial charge in [-0.3, -0.25) is 9.89 Å². The predicted octanol–water partition coefficient (Wildman–Crippen LogP) is 4.81. The molecule has 0 saturated carbocycles. The number of hydrogen-bond acceptors (Lipinski definition) is 2. The van der Waals surface area contributed by atoms with Crippen LogP contribution in [0.2, 0.25) is 0 Å². The molecule has 0 amide bonds. The van der Waals surface area contributed by atoms with Crippen molar-refractivity contribution in [1.82, 2.24) is 0 Å². The highest BCUT2D eigenvalue weighted by atomic mass is 79.9. The number of amidine groups is 1. The van der Waals surface area contributed by atoms with Crippen LogP contribution in [0.3, 0.4) is 0 Å². The van der Waals surface area contributed by atoms with Crippen LogP contribution >= 0.6 is 15.9 Å². The van der Waals surface area contributed by atoms with E-state index in [0.29, 0.717) is 0 Å². The van der Waals surface area contributed by atoms with Crippen molar-refractivity contribution in [3.05, 3.63) is 88.0 Å². The fourth-order valence-electron chi connectivity index (χ4n) is 3.26. The SMILES string of the molecule is [B]C1=CCC2(C)N=C(c3cccc(Br)c3)N(c3ccccc3)C2=C1. The summed E-state index contributed by atoms with van der Waals surface area (Å²) < 4.78 is 1.04. The van der Waals surface area contributed by atoms with Gasteiger partial charge in [0.2, 0.25) is 0 Å². The molecular formula is C20H16BBrN2. The molecule has 4 rings (SSSR count). The lowest BCUT2D eigenvalue weighted by atomic mass is 9.81. The van der Waals surface area contributed by atoms with E-state index in [-0.39, 0.29) is 5.54 Å². The smallest absolute Gasteiger partial charge is 0.140 e. The number of benzene rings is 2. The van der Waals surface area contributed by atoms with Gasteiger partial charge in [0, 0.05) is 15.7 Å². The maximum absolute atomic E-state index is 6.10. The van der Waals surface area contributed by atoms with Crippen LogP contribution in [0.1, 0.15) is 18.9 Å². The second-order valence-corrected chi connectivity index (χ2v) is 7.24. The summed E-state index contributed by atoms with van der Waals surface area (Å²) in [6.45, 7) is 2.17. The van der Waals surface area contributed by atoms with Crippen LogP contribution in [0.15, 0.2) is 87.4 Å². The van der Waals surface area contributed by atoms with E-state index in [0.717, 1.165) is 39.1 Å². The van der Waals surface area contributed by atoms with Crippen LogP contribution in [0, 0.1) is 0 Å². The van der Waals surface area contributed by atoms with Crippen molar-refractivity contribution in [3.63, 3.8) is 0 Å². The van der Waals surface area contributed by atoms with E-state index in [1.54, 1.807) is 0 Å². The third kappa shape index (κ3) is 2.55. The molecule has 1 aliphatic heterocycles. The van der Waals surface area contributed by atoms with Gasteiger partial charge in [-0.2, -0.15) is 0 Å². The molecule has 1 heterocycles. The molecule has 1 unspecified atom stereocenters. The first kappa shape index (κ1) is 15.5. The Kier molecular flexibility index (Phi) is 3.72. The summed E-state index contributed by atoms with van der Waals surface area (Å²) in [7, 11) is 6.10. The van der Waals surface area contributed by atoms with E-state index >= 15 is 0 Å². The van der Waals surface area contributed by atoms with Crippen molar-refractivity contribution >= 4 is 35.3 Å². The summed E-state index contributed by atoms with van der Waals surface area (Å²) in [5.74, 6) is 0.958. The zero-order valence-corrected chi connectivity index (χ0v) is 15.0. The summed E-state index contributed by atoms with van der Waals surface area (Å²) in [6.07, 6.45) is 4.91. The molecule has 0 fully saturated rings. The van der Waals surface area contributed by atoms with Crippen molar-refractivity contribution < 1.29 is 0 Å². The number of rotatable bonds is 2. The minimum Gasteiger partial charge on any atom is -0.296 e. The van der Waals surface area contributed by atoms with Gasteiger partial charge in [-0.1, -0.05) is 57.8 Å². The van der Waals surface area contributed by atoms with Gasteiger partial charge >= 0.3 is 0 Å². The van der Waals surface area contributed by atoms with Crippen molar-refractivity contribution in [2.75, 3.05) is 4.90 Å². The van der Waals surface area contributed by atoms with Gasteiger partial charge in [-0.15, -0.1) is 0 Å². The van der Waals surface area contributed by atoms with Gasteiger partial charge in [-0.25, -0.2) is 0 Å². The second-order valence-electron chi connectivity index (χ2n) is 6.33. The zero-order chi connectivity index (χ0) is 16.7. The topological polar surface area (TPSA) is 15.6 Å². The monoisotopic (exact) mass is 374 g/mol. The van der Waals surface area contributed by atoms with Gasteiger partial charge in [0.15, 0.2) is 0 Å². The van der Waals surface area contributed by atoms with Crippen molar-refractivity contribution in [2.24, 2.45) is 4.99 Å². The summed E-state index contributed by atoms with van der Waals surface area (Å²) in [4.78, 5) is 7.32. The van der Waals surface area contributed by atoms with Crippen molar-refractivity contribution in [2.45, 2.75) is 18.9 Å². The minimum absolute atomic E-state index is 0.281. The average molecular weight is 375 g/mol. The first-order valence-corrected chi connectivity index (χ1v) is 8.75. The highest BCUT2D eigenvalue weighted by molar-refractivity contribution is 9.10. The lowest BCUT2D eigenvalue weighted by Crippen LogP contribution is -2.33. The molecule has 0 spiro atoms. The summed E-state index contributed by atoms with van der Waals surface area (Å²) >= 11 is 3.57. The Hall–Kier alpha value is -2.07. The largest absolute Gasteiger partial charge is 0.296 e. The zero-order valence-electron chi connectivity index (χ0n) is 13.4. The van der Waals surface area contributed by atoms with Gasteiger partial charge in [0.05, 0.1) is 5.70 Å². The second kappa shape index (κ2) is 5.78. The number of anilines is 1. The van der Waals surface area contributed by atoms with Gasteiger partial charge in [0.25, 0.3) is 0 Å². The molecule has 2 aromatic rings. The Bertz CT molecular complexity index is 886. The number of allylic oxidation sites excluding steroid dienone is 2. The van der Waals surface area contributed by atoms with Gasteiger partial charge < -0.3 is 0 Å². The molecule has 0 bridgehead atoms. The minimum atomic E-state index is -0.281. The molecular weight excluding hydrogens is 359 g/mol. The van der Waals surface area contributed by atoms with E-state index < -0.39 is 0 Å². The molecule has 0 saturated heterocycles. The molecule has 2 aromatic carbocycles. The van der Waals surface area contributed by atoms with Gasteiger partial charge in [0.1, 0.15) is 19.2 Å². The van der Waals surface area contributed by atoms with Crippen LogP contribution in [0.5, 0.6) is 0 Å². The molecule has 24 heavy (non-hydrogen) atoms. The fourth-order valence-corrected chi connectivity index (χ4v) is 3.66. The molecule has 1 aliphatic carbocycles. The number of nitrogens with zero attached hydrogens (tertiary/aromatic N) is 2. The summed E-state index contributed by atoms with van der Waals surface area (Å²) in [5, 5.41) is 0. The Morgan fingerprint density at radius 3 is 2.67 bits per heavy atom. The first-order chi connectivity index (χ1) is 11.6. The lowest BCUT2D eigenvalue weighted by Gasteiger charge is -2.31. The highest BCUT2D eigenvalue weighted by Crippen LogP contribution is 2.42. The average Bonchev–Trinajstić information content (AvgIpc) is 2.89. The molecule has 1 atom stereocenters. The molecule has 2 radical (unpaired) electrons. The standard InChI is InChI=1S/C20H16BBrN2/c1-20-11-10-15(21)13-18(20)24(17-8-3-2-4-9-17)19(23-20)14-6-5-7-16(22)12-14/h2-10,12-13H,11H2,1H3. The van der Waals surface area contributed by atoms with E-state index in [4.69, 9.17) is 12.8 Å². The van der Waals surface area contributed by atoms with Crippen LogP contribution in [-0.2, 0) is 0 Å². The Morgan fingerprint density at radius 1 is 1.12 bits per heavy atom. The Labute approximate surface area is 152 Å². The number of aliphatic imine (C=N–C) groups is 1. The molecule has 2 aliphatic rings. The number of hydrogen-bond donors (Lipinski definition) is 0. The van der Waals surface area contributed by atoms with Crippen LogP contribution in [-0.4, -0.2) is 19.2 Å².